The Morgan fingerprint density at radius 1 is 1.10 bits per heavy atom. The summed E-state index contributed by atoms with van der Waals surface area (Å²) in [7, 11) is 3.71. The number of carbonyl (C=O) groups is 1. The number of hydrogen-bond donors (Lipinski definition) is 0. The lowest BCUT2D eigenvalue weighted by atomic mass is 10.0. The van der Waals surface area contributed by atoms with E-state index in [-0.39, 0.29) is 5.78 Å². The van der Waals surface area contributed by atoms with Crippen molar-refractivity contribution in [2.45, 2.75) is 0 Å². The summed E-state index contributed by atoms with van der Waals surface area (Å²) >= 11 is 12.1. The van der Waals surface area contributed by atoms with Gasteiger partial charge in [0, 0.05) is 30.2 Å². The third-order valence-corrected chi connectivity index (χ3v) is 3.31. The average molecular weight is 321 g/mol. The van der Waals surface area contributed by atoms with Crippen LogP contribution in [0.2, 0.25) is 10.0 Å². The second kappa shape index (κ2) is 6.74. The van der Waals surface area contributed by atoms with Crippen LogP contribution in [0.1, 0.15) is 15.9 Å². The van der Waals surface area contributed by atoms with Crippen molar-refractivity contribution in [1.82, 2.24) is 4.90 Å². The van der Waals surface area contributed by atoms with E-state index in [0.717, 1.165) is 0 Å². The SMILES string of the molecule is CN(C)C=Nc1ccc(Cl)cc1C(=O)c1ccccc1Cl. The molecule has 0 atom stereocenters. The van der Waals surface area contributed by atoms with Crippen LogP contribution in [0, 0.1) is 0 Å². The summed E-state index contributed by atoms with van der Waals surface area (Å²) < 4.78 is 0. The van der Waals surface area contributed by atoms with Gasteiger partial charge in [-0.2, -0.15) is 0 Å². The molecule has 2 aromatic carbocycles. The number of ketones is 1. The third kappa shape index (κ3) is 3.84. The topological polar surface area (TPSA) is 32.7 Å². The predicted molar refractivity (Wildman–Crippen MR) is 88.2 cm³/mol. The molecule has 108 valence electrons. The van der Waals surface area contributed by atoms with Gasteiger partial charge in [0.1, 0.15) is 0 Å². The lowest BCUT2D eigenvalue weighted by molar-refractivity contribution is 0.103. The summed E-state index contributed by atoms with van der Waals surface area (Å²) in [6.45, 7) is 0. The fourth-order valence-corrected chi connectivity index (χ4v) is 2.16. The molecule has 0 aromatic heterocycles. The highest BCUT2D eigenvalue weighted by Crippen LogP contribution is 2.28. The molecule has 0 aliphatic heterocycles. The number of hydrogen-bond acceptors (Lipinski definition) is 2. The maximum absolute atomic E-state index is 12.7. The Morgan fingerprint density at radius 2 is 1.81 bits per heavy atom. The highest BCUT2D eigenvalue weighted by molar-refractivity contribution is 6.35. The van der Waals surface area contributed by atoms with E-state index in [0.29, 0.717) is 26.9 Å². The molecular formula is C16H14Cl2N2O. The Kier molecular flexibility index (Phi) is 4.99. The van der Waals surface area contributed by atoms with Crippen LogP contribution in [-0.4, -0.2) is 31.1 Å². The molecule has 0 bridgehead atoms. The first-order valence-corrected chi connectivity index (χ1v) is 7.04. The van der Waals surface area contributed by atoms with Crippen molar-refractivity contribution in [3.63, 3.8) is 0 Å². The van der Waals surface area contributed by atoms with Gasteiger partial charge in [-0.25, -0.2) is 4.99 Å². The van der Waals surface area contributed by atoms with Gasteiger partial charge in [-0.1, -0.05) is 35.3 Å². The maximum Gasteiger partial charge on any atom is 0.196 e. The van der Waals surface area contributed by atoms with Crippen molar-refractivity contribution in [3.05, 3.63) is 63.6 Å². The Hall–Kier alpha value is -1.84. The first-order valence-electron chi connectivity index (χ1n) is 6.28. The lowest BCUT2D eigenvalue weighted by Crippen LogP contribution is -2.08. The number of nitrogens with zero attached hydrogens (tertiary/aromatic N) is 2. The number of carbonyl (C=O) groups excluding carboxylic acids is 1. The summed E-state index contributed by atoms with van der Waals surface area (Å²) in [6, 6.07) is 11.9. The molecule has 3 nitrogen and oxygen atoms in total. The van der Waals surface area contributed by atoms with Crippen LogP contribution in [0.4, 0.5) is 5.69 Å². The average Bonchev–Trinajstić information content (AvgIpc) is 2.45. The summed E-state index contributed by atoms with van der Waals surface area (Å²) in [5.41, 5.74) is 1.41. The molecule has 5 heteroatoms. The molecular weight excluding hydrogens is 307 g/mol. The normalized spacial score (nSPS) is 10.9. The van der Waals surface area contributed by atoms with Crippen molar-refractivity contribution < 1.29 is 4.79 Å². The number of rotatable bonds is 4. The van der Waals surface area contributed by atoms with Crippen LogP contribution in [0.25, 0.3) is 0 Å². The van der Waals surface area contributed by atoms with Gasteiger partial charge in [-0.3, -0.25) is 4.79 Å². The van der Waals surface area contributed by atoms with E-state index >= 15 is 0 Å². The lowest BCUT2D eigenvalue weighted by Gasteiger charge is -2.08. The Balaban J connectivity index is 2.50. The van der Waals surface area contributed by atoms with Gasteiger partial charge < -0.3 is 4.90 Å². The smallest absolute Gasteiger partial charge is 0.196 e. The fourth-order valence-electron chi connectivity index (χ4n) is 1.77. The van der Waals surface area contributed by atoms with Crippen molar-refractivity contribution in [2.75, 3.05) is 14.1 Å². The summed E-state index contributed by atoms with van der Waals surface area (Å²) in [4.78, 5) is 18.7. The van der Waals surface area contributed by atoms with E-state index in [9.17, 15) is 4.79 Å². The van der Waals surface area contributed by atoms with Gasteiger partial charge in [0.25, 0.3) is 0 Å². The summed E-state index contributed by atoms with van der Waals surface area (Å²) in [6.07, 6.45) is 1.63. The molecule has 21 heavy (non-hydrogen) atoms. The Bertz CT molecular complexity index is 696. The third-order valence-electron chi connectivity index (χ3n) is 2.75. The molecule has 0 saturated heterocycles. The second-order valence-corrected chi connectivity index (χ2v) is 5.52. The minimum atomic E-state index is -0.200. The van der Waals surface area contributed by atoms with Crippen molar-refractivity contribution in [3.8, 4) is 0 Å². The molecule has 0 radical (unpaired) electrons. The van der Waals surface area contributed by atoms with Crippen molar-refractivity contribution in [1.29, 1.82) is 0 Å². The highest BCUT2D eigenvalue weighted by atomic mass is 35.5. The van der Waals surface area contributed by atoms with E-state index in [2.05, 4.69) is 4.99 Å². The molecule has 0 aliphatic rings. The van der Waals surface area contributed by atoms with E-state index in [4.69, 9.17) is 23.2 Å². The highest BCUT2D eigenvalue weighted by Gasteiger charge is 2.16. The van der Waals surface area contributed by atoms with Gasteiger partial charge in [0.05, 0.1) is 17.0 Å². The zero-order valence-electron chi connectivity index (χ0n) is 11.7. The Labute approximate surface area is 133 Å². The predicted octanol–water partition coefficient (Wildman–Crippen LogP) is 4.45. The van der Waals surface area contributed by atoms with E-state index in [1.165, 1.54) is 0 Å². The van der Waals surface area contributed by atoms with E-state index < -0.39 is 0 Å². The van der Waals surface area contributed by atoms with Crippen LogP contribution >= 0.6 is 23.2 Å². The molecule has 2 aromatic rings. The van der Waals surface area contributed by atoms with Gasteiger partial charge in [0.2, 0.25) is 0 Å². The fraction of sp³-hybridized carbons (Fsp3) is 0.125. The summed E-state index contributed by atoms with van der Waals surface area (Å²) in [5, 5.41) is 0.888. The largest absolute Gasteiger partial charge is 0.369 e. The van der Waals surface area contributed by atoms with Crippen LogP contribution in [0.5, 0.6) is 0 Å². The summed E-state index contributed by atoms with van der Waals surface area (Å²) in [5.74, 6) is -0.200. The van der Waals surface area contributed by atoms with Crippen LogP contribution in [0.3, 0.4) is 0 Å². The molecule has 0 heterocycles. The first kappa shape index (κ1) is 15.5. The van der Waals surface area contributed by atoms with E-state index in [1.54, 1.807) is 53.7 Å². The number of aliphatic imine (C=N–C) groups is 1. The van der Waals surface area contributed by atoms with Gasteiger partial charge in [-0.05, 0) is 30.3 Å². The molecule has 0 amide bonds. The first-order chi connectivity index (χ1) is 9.99. The molecule has 0 spiro atoms. The molecule has 0 N–H and O–H groups in total. The van der Waals surface area contributed by atoms with Gasteiger partial charge in [-0.15, -0.1) is 0 Å². The van der Waals surface area contributed by atoms with E-state index in [1.807, 2.05) is 14.1 Å². The van der Waals surface area contributed by atoms with Crippen molar-refractivity contribution in [2.24, 2.45) is 4.99 Å². The van der Waals surface area contributed by atoms with Gasteiger partial charge >= 0.3 is 0 Å². The standard InChI is InChI=1S/C16H14Cl2N2O/c1-20(2)10-19-15-8-7-11(17)9-13(15)16(21)12-5-3-4-6-14(12)18/h3-10H,1-2H3. The zero-order valence-corrected chi connectivity index (χ0v) is 13.2. The number of benzene rings is 2. The van der Waals surface area contributed by atoms with Crippen LogP contribution in [-0.2, 0) is 0 Å². The van der Waals surface area contributed by atoms with Crippen LogP contribution < -0.4 is 0 Å². The molecule has 0 unspecified atom stereocenters. The van der Waals surface area contributed by atoms with Crippen LogP contribution in [0.15, 0.2) is 47.5 Å². The molecule has 2 rings (SSSR count). The monoisotopic (exact) mass is 320 g/mol. The van der Waals surface area contributed by atoms with Crippen molar-refractivity contribution >= 4 is 41.0 Å². The van der Waals surface area contributed by atoms with Gasteiger partial charge in [0.15, 0.2) is 5.78 Å². The minimum Gasteiger partial charge on any atom is -0.369 e. The number of halogens is 2. The maximum atomic E-state index is 12.7. The minimum absolute atomic E-state index is 0.200. The molecule has 0 aliphatic carbocycles. The Morgan fingerprint density at radius 3 is 2.48 bits per heavy atom. The zero-order chi connectivity index (χ0) is 15.4. The quantitative estimate of drug-likeness (QED) is 0.473. The second-order valence-electron chi connectivity index (χ2n) is 4.68. The molecule has 0 saturated carbocycles. The molecule has 0 fully saturated rings.